The summed E-state index contributed by atoms with van der Waals surface area (Å²) in [4.78, 5) is 10.8. The first-order valence-electron chi connectivity index (χ1n) is 6.76. The molecule has 2 rings (SSSR count). The minimum absolute atomic E-state index is 0.0117. The Kier molecular flexibility index (Phi) is 5.33. The number of hydrogen-bond donors (Lipinski definition) is 2. The fourth-order valence-corrected chi connectivity index (χ4v) is 4.43. The van der Waals surface area contributed by atoms with Gasteiger partial charge in [-0.25, -0.2) is 17.9 Å². The molecule has 0 aliphatic heterocycles. The van der Waals surface area contributed by atoms with Crippen molar-refractivity contribution in [2.24, 2.45) is 0 Å². The molecule has 0 saturated carbocycles. The Labute approximate surface area is 133 Å². The molecule has 0 fully saturated rings. The highest BCUT2D eigenvalue weighted by atomic mass is 32.2. The van der Waals surface area contributed by atoms with Crippen molar-refractivity contribution in [3.8, 4) is 0 Å². The van der Waals surface area contributed by atoms with Crippen LogP contribution in [-0.2, 0) is 16.4 Å². The standard InChI is InChI=1S/C15H17NO4S2/c1-11(7-8-12-5-3-2-4-6-12)16-22(19,20)14-9-13(10-21-14)15(17)18/h2-6,9-11,16H,7-8H2,1H3,(H,17,18). The molecule has 0 aliphatic rings. The van der Waals surface area contributed by atoms with Crippen molar-refractivity contribution in [3.63, 3.8) is 0 Å². The van der Waals surface area contributed by atoms with E-state index in [0.29, 0.717) is 6.42 Å². The van der Waals surface area contributed by atoms with Gasteiger partial charge in [-0.15, -0.1) is 11.3 Å². The smallest absolute Gasteiger partial charge is 0.336 e. The molecule has 22 heavy (non-hydrogen) atoms. The maximum Gasteiger partial charge on any atom is 0.336 e. The number of aryl methyl sites for hydroxylation is 1. The van der Waals surface area contributed by atoms with Crippen LogP contribution >= 0.6 is 11.3 Å². The van der Waals surface area contributed by atoms with Crippen LogP contribution in [0.2, 0.25) is 0 Å². The van der Waals surface area contributed by atoms with E-state index >= 15 is 0 Å². The summed E-state index contributed by atoms with van der Waals surface area (Å²) in [7, 11) is -3.67. The van der Waals surface area contributed by atoms with Gasteiger partial charge in [0.15, 0.2) is 0 Å². The number of carbonyl (C=O) groups is 1. The molecule has 0 spiro atoms. The summed E-state index contributed by atoms with van der Waals surface area (Å²) in [5.74, 6) is -1.13. The zero-order chi connectivity index (χ0) is 16.2. The topological polar surface area (TPSA) is 83.5 Å². The van der Waals surface area contributed by atoms with Crippen molar-refractivity contribution >= 4 is 27.3 Å². The summed E-state index contributed by atoms with van der Waals surface area (Å²) in [6, 6.07) is 10.8. The molecule has 2 N–H and O–H groups in total. The lowest BCUT2D eigenvalue weighted by molar-refractivity contribution is 0.0697. The van der Waals surface area contributed by atoms with Crippen LogP contribution in [0.15, 0.2) is 46.0 Å². The SMILES string of the molecule is CC(CCc1ccccc1)NS(=O)(=O)c1cc(C(=O)O)cs1. The lowest BCUT2D eigenvalue weighted by atomic mass is 10.1. The molecular weight excluding hydrogens is 322 g/mol. The molecule has 7 heteroatoms. The van der Waals surface area contributed by atoms with E-state index in [1.807, 2.05) is 30.3 Å². The highest BCUT2D eigenvalue weighted by Gasteiger charge is 2.21. The molecule has 1 aromatic carbocycles. The van der Waals surface area contributed by atoms with E-state index in [-0.39, 0.29) is 15.8 Å². The number of thiophene rings is 1. The van der Waals surface area contributed by atoms with Crippen LogP contribution in [0.1, 0.15) is 29.3 Å². The number of carboxylic acids is 1. The number of hydrogen-bond acceptors (Lipinski definition) is 4. The Morgan fingerprint density at radius 2 is 2.00 bits per heavy atom. The van der Waals surface area contributed by atoms with E-state index in [2.05, 4.69) is 4.72 Å². The van der Waals surface area contributed by atoms with Crippen LogP contribution in [-0.4, -0.2) is 25.5 Å². The Hall–Kier alpha value is -1.70. The maximum atomic E-state index is 12.2. The molecule has 118 valence electrons. The lowest BCUT2D eigenvalue weighted by Crippen LogP contribution is -2.32. The molecule has 1 atom stereocenters. The normalized spacial score (nSPS) is 13.0. The van der Waals surface area contributed by atoms with Crippen molar-refractivity contribution in [2.75, 3.05) is 0 Å². The number of nitrogens with one attached hydrogen (secondary N) is 1. The quantitative estimate of drug-likeness (QED) is 0.812. The number of rotatable bonds is 7. The molecule has 0 aliphatic carbocycles. The number of sulfonamides is 1. The van der Waals surface area contributed by atoms with E-state index in [0.717, 1.165) is 23.3 Å². The summed E-state index contributed by atoms with van der Waals surface area (Å²) in [6.07, 6.45) is 1.44. The summed E-state index contributed by atoms with van der Waals surface area (Å²) >= 11 is 0.910. The molecule has 0 amide bonds. The highest BCUT2D eigenvalue weighted by Crippen LogP contribution is 2.20. The van der Waals surface area contributed by atoms with E-state index < -0.39 is 16.0 Å². The zero-order valence-electron chi connectivity index (χ0n) is 12.0. The Bertz CT molecular complexity index is 738. The minimum atomic E-state index is -3.67. The van der Waals surface area contributed by atoms with Gasteiger partial charge in [-0.05, 0) is 31.4 Å². The van der Waals surface area contributed by atoms with E-state index in [1.54, 1.807) is 6.92 Å². The molecular formula is C15H17NO4S2. The van der Waals surface area contributed by atoms with E-state index in [4.69, 9.17) is 5.11 Å². The third-order valence-electron chi connectivity index (χ3n) is 3.15. The van der Waals surface area contributed by atoms with Gasteiger partial charge in [-0.3, -0.25) is 0 Å². The largest absolute Gasteiger partial charge is 0.478 e. The molecule has 5 nitrogen and oxygen atoms in total. The van der Waals surface area contributed by atoms with Crippen LogP contribution in [0.3, 0.4) is 0 Å². The molecule has 1 aromatic heterocycles. The summed E-state index contributed by atoms with van der Waals surface area (Å²) in [5, 5.41) is 10.2. The first-order valence-corrected chi connectivity index (χ1v) is 9.13. The monoisotopic (exact) mass is 339 g/mol. The zero-order valence-corrected chi connectivity index (χ0v) is 13.7. The predicted molar refractivity (Wildman–Crippen MR) is 85.8 cm³/mol. The van der Waals surface area contributed by atoms with Crippen molar-refractivity contribution < 1.29 is 18.3 Å². The van der Waals surface area contributed by atoms with Gasteiger partial charge in [0.2, 0.25) is 10.0 Å². The van der Waals surface area contributed by atoms with Crippen LogP contribution in [0.5, 0.6) is 0 Å². The fourth-order valence-electron chi connectivity index (χ4n) is 1.98. The van der Waals surface area contributed by atoms with Crippen molar-refractivity contribution in [1.29, 1.82) is 0 Å². The van der Waals surface area contributed by atoms with Gasteiger partial charge < -0.3 is 5.11 Å². The molecule has 2 aromatic rings. The second-order valence-corrected chi connectivity index (χ2v) is 7.86. The second-order valence-electron chi connectivity index (χ2n) is 5.01. The maximum absolute atomic E-state index is 12.2. The van der Waals surface area contributed by atoms with Gasteiger partial charge in [0, 0.05) is 11.4 Å². The summed E-state index contributed by atoms with van der Waals surface area (Å²) < 4.78 is 27.0. The van der Waals surface area contributed by atoms with Gasteiger partial charge in [0.25, 0.3) is 0 Å². The summed E-state index contributed by atoms with van der Waals surface area (Å²) in [6.45, 7) is 1.80. The molecule has 0 bridgehead atoms. The molecule has 1 unspecified atom stereocenters. The van der Waals surface area contributed by atoms with Crippen LogP contribution in [0.4, 0.5) is 0 Å². The Morgan fingerprint density at radius 3 is 2.59 bits per heavy atom. The van der Waals surface area contributed by atoms with Gasteiger partial charge in [0.05, 0.1) is 5.56 Å². The third kappa shape index (κ3) is 4.40. The Morgan fingerprint density at radius 1 is 1.32 bits per heavy atom. The third-order valence-corrected chi connectivity index (χ3v) is 6.18. The van der Waals surface area contributed by atoms with E-state index in [1.165, 1.54) is 11.4 Å². The molecule has 1 heterocycles. The highest BCUT2D eigenvalue weighted by molar-refractivity contribution is 7.91. The Balaban J connectivity index is 1.97. The predicted octanol–water partition coefficient (Wildman–Crippen LogP) is 2.75. The fraction of sp³-hybridized carbons (Fsp3) is 0.267. The van der Waals surface area contributed by atoms with Gasteiger partial charge in [0.1, 0.15) is 4.21 Å². The van der Waals surface area contributed by atoms with Crippen LogP contribution in [0.25, 0.3) is 0 Å². The number of carboxylic acid groups (broad SMARTS) is 1. The van der Waals surface area contributed by atoms with Crippen molar-refractivity contribution in [3.05, 3.63) is 52.9 Å². The van der Waals surface area contributed by atoms with Crippen molar-refractivity contribution in [1.82, 2.24) is 4.72 Å². The number of benzene rings is 1. The summed E-state index contributed by atoms with van der Waals surface area (Å²) in [5.41, 5.74) is 1.14. The lowest BCUT2D eigenvalue weighted by Gasteiger charge is -2.13. The average Bonchev–Trinajstić information content (AvgIpc) is 2.97. The van der Waals surface area contributed by atoms with E-state index in [9.17, 15) is 13.2 Å². The molecule has 0 radical (unpaired) electrons. The van der Waals surface area contributed by atoms with Gasteiger partial charge in [-0.2, -0.15) is 0 Å². The average molecular weight is 339 g/mol. The van der Waals surface area contributed by atoms with Gasteiger partial charge in [-0.1, -0.05) is 30.3 Å². The number of aromatic carboxylic acids is 1. The second kappa shape index (κ2) is 7.04. The minimum Gasteiger partial charge on any atom is -0.478 e. The first kappa shape index (κ1) is 16.7. The van der Waals surface area contributed by atoms with Gasteiger partial charge >= 0.3 is 5.97 Å². The molecule has 0 saturated heterocycles. The van der Waals surface area contributed by atoms with Crippen LogP contribution < -0.4 is 4.72 Å². The first-order chi connectivity index (χ1) is 10.4. The van der Waals surface area contributed by atoms with Crippen LogP contribution in [0, 0.1) is 0 Å². The van der Waals surface area contributed by atoms with Crippen molar-refractivity contribution in [2.45, 2.75) is 30.0 Å².